The molecule has 0 spiro atoms. The van der Waals surface area contributed by atoms with Crippen LogP contribution in [-0.2, 0) is 24.0 Å². The maximum absolute atomic E-state index is 13.0. The largest absolute Gasteiger partial charge is 0.443 e. The van der Waals surface area contributed by atoms with E-state index in [1.54, 1.807) is 0 Å². The van der Waals surface area contributed by atoms with Crippen LogP contribution in [0.5, 0.6) is 0 Å². The minimum atomic E-state index is -0.505. The van der Waals surface area contributed by atoms with Crippen LogP contribution < -0.4 is 4.90 Å². The molecule has 1 heterocycles. The number of hydrogen-bond donors (Lipinski definition) is 0. The zero-order valence-corrected chi connectivity index (χ0v) is 15.9. The van der Waals surface area contributed by atoms with E-state index in [0.717, 1.165) is 18.5 Å². The summed E-state index contributed by atoms with van der Waals surface area (Å²) < 4.78 is 5.73. The van der Waals surface area contributed by atoms with E-state index < -0.39 is 5.60 Å². The number of anilines is 1. The highest BCUT2D eigenvalue weighted by Gasteiger charge is 2.37. The van der Waals surface area contributed by atoms with Crippen LogP contribution in [0.1, 0.15) is 61.9 Å². The first-order valence-electron chi connectivity index (χ1n) is 9.64. The normalized spacial score (nSPS) is 19.0. The quantitative estimate of drug-likeness (QED) is 0.670. The lowest BCUT2D eigenvalue weighted by Crippen LogP contribution is -2.37. The summed E-state index contributed by atoms with van der Waals surface area (Å²) in [7, 11) is 0. The van der Waals surface area contributed by atoms with E-state index in [2.05, 4.69) is 24.3 Å². The van der Waals surface area contributed by atoms with Crippen molar-refractivity contribution < 1.29 is 9.53 Å². The van der Waals surface area contributed by atoms with E-state index in [-0.39, 0.29) is 12.1 Å². The van der Waals surface area contributed by atoms with Gasteiger partial charge in [0.1, 0.15) is 5.60 Å². The monoisotopic (exact) mass is 349 g/mol. The second-order valence-electron chi connectivity index (χ2n) is 8.43. The molecule has 26 heavy (non-hydrogen) atoms. The van der Waals surface area contributed by atoms with Crippen molar-refractivity contribution in [3.05, 3.63) is 64.7 Å². The molecule has 136 valence electrons. The zero-order valence-electron chi connectivity index (χ0n) is 15.9. The number of nitrogens with zero attached hydrogens (tertiary/aromatic N) is 1. The number of ether oxygens (including phenoxy) is 1. The van der Waals surface area contributed by atoms with Gasteiger partial charge in [0.05, 0.1) is 11.7 Å². The van der Waals surface area contributed by atoms with Gasteiger partial charge in [-0.2, -0.15) is 0 Å². The molecule has 0 bridgehead atoms. The van der Waals surface area contributed by atoms with Crippen molar-refractivity contribution in [1.82, 2.24) is 0 Å². The molecule has 1 atom stereocenters. The maximum Gasteiger partial charge on any atom is 0.415 e. The van der Waals surface area contributed by atoms with Gasteiger partial charge in [0.15, 0.2) is 0 Å². The van der Waals surface area contributed by atoms with Gasteiger partial charge in [-0.05, 0) is 81.2 Å². The van der Waals surface area contributed by atoms with E-state index in [1.807, 2.05) is 43.9 Å². The molecule has 1 aliphatic carbocycles. The highest BCUT2D eigenvalue weighted by molar-refractivity contribution is 5.91. The predicted molar refractivity (Wildman–Crippen MR) is 105 cm³/mol. The van der Waals surface area contributed by atoms with Crippen molar-refractivity contribution in [2.24, 2.45) is 0 Å². The van der Waals surface area contributed by atoms with E-state index in [1.165, 1.54) is 41.5 Å². The molecule has 2 aromatic rings. The third kappa shape index (κ3) is 3.23. The molecular weight excluding hydrogens is 322 g/mol. The van der Waals surface area contributed by atoms with Crippen LogP contribution in [0.25, 0.3) is 0 Å². The van der Waals surface area contributed by atoms with Gasteiger partial charge in [0, 0.05) is 0 Å². The molecule has 1 amide bonds. The molecule has 0 saturated carbocycles. The van der Waals surface area contributed by atoms with Crippen molar-refractivity contribution in [1.29, 1.82) is 0 Å². The number of hydrogen-bond acceptors (Lipinski definition) is 2. The minimum absolute atomic E-state index is 0.00877. The summed E-state index contributed by atoms with van der Waals surface area (Å²) in [4.78, 5) is 14.9. The van der Waals surface area contributed by atoms with E-state index >= 15 is 0 Å². The van der Waals surface area contributed by atoms with Crippen LogP contribution in [0, 0.1) is 0 Å². The Bertz CT molecular complexity index is 834. The first-order valence-corrected chi connectivity index (χ1v) is 9.64. The number of carbonyl (C=O) groups is 1. The van der Waals surface area contributed by atoms with Crippen LogP contribution in [0.15, 0.2) is 42.5 Å². The summed E-state index contributed by atoms with van der Waals surface area (Å²) in [5.41, 5.74) is 5.82. The van der Waals surface area contributed by atoms with Crippen molar-refractivity contribution in [2.75, 3.05) is 4.90 Å². The van der Waals surface area contributed by atoms with E-state index in [4.69, 9.17) is 4.74 Å². The van der Waals surface area contributed by atoms with Crippen molar-refractivity contribution >= 4 is 11.8 Å². The molecule has 2 aromatic carbocycles. The number of aryl methyl sites for hydroxylation is 2. The number of benzene rings is 2. The minimum Gasteiger partial charge on any atom is -0.443 e. The Morgan fingerprint density at radius 3 is 2.50 bits per heavy atom. The fourth-order valence-corrected chi connectivity index (χ4v) is 4.15. The summed E-state index contributed by atoms with van der Waals surface area (Å²) in [6.07, 6.45) is 5.45. The summed E-state index contributed by atoms with van der Waals surface area (Å²) in [5, 5.41) is 0. The second-order valence-corrected chi connectivity index (χ2v) is 8.43. The summed E-state index contributed by atoms with van der Waals surface area (Å²) in [6, 6.07) is 15.0. The molecule has 0 N–H and O–H groups in total. The van der Waals surface area contributed by atoms with Gasteiger partial charge in [-0.3, -0.25) is 4.90 Å². The van der Waals surface area contributed by atoms with Gasteiger partial charge < -0.3 is 4.74 Å². The van der Waals surface area contributed by atoms with Gasteiger partial charge in [-0.1, -0.05) is 36.4 Å². The molecule has 3 heteroatoms. The van der Waals surface area contributed by atoms with Gasteiger partial charge >= 0.3 is 6.09 Å². The number of amides is 1. The summed E-state index contributed by atoms with van der Waals surface area (Å²) >= 11 is 0. The highest BCUT2D eigenvalue weighted by atomic mass is 16.6. The van der Waals surface area contributed by atoms with Crippen LogP contribution >= 0.6 is 0 Å². The van der Waals surface area contributed by atoms with Crippen LogP contribution in [0.2, 0.25) is 0 Å². The first kappa shape index (κ1) is 17.1. The molecule has 1 aliphatic heterocycles. The average molecular weight is 349 g/mol. The van der Waals surface area contributed by atoms with Crippen molar-refractivity contribution in [2.45, 2.75) is 64.5 Å². The average Bonchev–Trinajstić information content (AvgIpc) is 2.99. The Morgan fingerprint density at radius 1 is 1.00 bits per heavy atom. The fraction of sp³-hybridized carbons (Fsp3) is 0.435. The molecular formula is C23H27NO2. The van der Waals surface area contributed by atoms with E-state index in [0.29, 0.717) is 0 Å². The summed E-state index contributed by atoms with van der Waals surface area (Å²) in [5.74, 6) is 0. The number of rotatable bonds is 1. The van der Waals surface area contributed by atoms with Crippen molar-refractivity contribution in [3.63, 3.8) is 0 Å². The Balaban J connectivity index is 1.71. The standard InChI is InChI=1S/C23H27NO2/c1-23(2,3)26-22(25)24-20-11-7-6-10-18(20)15-21(24)19-13-12-16-8-4-5-9-17(16)14-19/h6-7,10-14,21H,4-5,8-9,15H2,1-3H3/t21-/m0/s1. The van der Waals surface area contributed by atoms with Crippen LogP contribution in [0.3, 0.4) is 0 Å². The lowest BCUT2D eigenvalue weighted by molar-refractivity contribution is 0.0569. The van der Waals surface area contributed by atoms with Gasteiger partial charge in [0.25, 0.3) is 0 Å². The zero-order chi connectivity index (χ0) is 18.3. The molecule has 0 aromatic heterocycles. The molecule has 0 fully saturated rings. The van der Waals surface area contributed by atoms with Crippen LogP contribution in [-0.4, -0.2) is 11.7 Å². The molecule has 0 unspecified atom stereocenters. The van der Waals surface area contributed by atoms with Crippen LogP contribution in [0.4, 0.5) is 10.5 Å². The molecule has 0 saturated heterocycles. The topological polar surface area (TPSA) is 29.5 Å². The lowest BCUT2D eigenvalue weighted by Gasteiger charge is -2.30. The Morgan fingerprint density at radius 2 is 1.73 bits per heavy atom. The number of para-hydroxylation sites is 1. The third-order valence-electron chi connectivity index (χ3n) is 5.32. The number of carbonyl (C=O) groups excluding carboxylic acids is 1. The third-order valence-corrected chi connectivity index (χ3v) is 5.32. The Hall–Kier alpha value is -2.29. The Labute approximate surface area is 156 Å². The maximum atomic E-state index is 13.0. The predicted octanol–water partition coefficient (Wildman–Crippen LogP) is 5.60. The van der Waals surface area contributed by atoms with Crippen molar-refractivity contribution in [3.8, 4) is 0 Å². The lowest BCUT2D eigenvalue weighted by atomic mass is 9.88. The molecule has 4 rings (SSSR count). The van der Waals surface area contributed by atoms with Gasteiger partial charge in [0.2, 0.25) is 0 Å². The Kier molecular flexibility index (Phi) is 4.26. The molecule has 2 aliphatic rings. The highest BCUT2D eigenvalue weighted by Crippen LogP contribution is 2.42. The smallest absolute Gasteiger partial charge is 0.415 e. The second kappa shape index (κ2) is 6.46. The molecule has 0 radical (unpaired) electrons. The summed E-state index contributed by atoms with van der Waals surface area (Å²) in [6.45, 7) is 5.75. The van der Waals surface area contributed by atoms with Gasteiger partial charge in [-0.25, -0.2) is 4.79 Å². The number of fused-ring (bicyclic) bond motifs is 2. The SMILES string of the molecule is CC(C)(C)OC(=O)N1c2ccccc2C[C@H]1c1ccc2c(c1)CCCC2. The first-order chi connectivity index (χ1) is 12.4. The van der Waals surface area contributed by atoms with Gasteiger partial charge in [-0.15, -0.1) is 0 Å². The molecule has 3 nitrogen and oxygen atoms in total. The fourth-order valence-electron chi connectivity index (χ4n) is 4.15. The van der Waals surface area contributed by atoms with E-state index in [9.17, 15) is 4.79 Å².